The van der Waals surface area contributed by atoms with E-state index in [1.807, 2.05) is 54.6 Å². The molecule has 0 bridgehead atoms. The minimum absolute atomic E-state index is 0.0400. The highest BCUT2D eigenvalue weighted by Crippen LogP contribution is 2.23. The van der Waals surface area contributed by atoms with Crippen LogP contribution >= 0.6 is 0 Å². The SMILES string of the molecule is NC(=O)CC(C(=O)Nc1ccc2cccnc2c1)c1ccccc1. The second-order valence-electron chi connectivity index (χ2n) is 5.53. The van der Waals surface area contributed by atoms with Gasteiger partial charge in [0.1, 0.15) is 0 Å². The first kappa shape index (κ1) is 15.7. The van der Waals surface area contributed by atoms with E-state index in [1.165, 1.54) is 0 Å². The van der Waals surface area contributed by atoms with Crippen LogP contribution in [0.25, 0.3) is 10.9 Å². The molecule has 0 saturated heterocycles. The Morgan fingerprint density at radius 2 is 1.83 bits per heavy atom. The van der Waals surface area contributed by atoms with Crippen LogP contribution in [0.2, 0.25) is 0 Å². The van der Waals surface area contributed by atoms with Gasteiger partial charge in [0.15, 0.2) is 0 Å². The lowest BCUT2D eigenvalue weighted by atomic mass is 9.94. The molecule has 1 unspecified atom stereocenters. The summed E-state index contributed by atoms with van der Waals surface area (Å²) in [6.07, 6.45) is 1.66. The third kappa shape index (κ3) is 3.57. The Labute approximate surface area is 139 Å². The van der Waals surface area contributed by atoms with Gasteiger partial charge in [0, 0.05) is 23.7 Å². The lowest BCUT2D eigenvalue weighted by Gasteiger charge is -2.16. The van der Waals surface area contributed by atoms with Crippen LogP contribution in [0.3, 0.4) is 0 Å². The number of anilines is 1. The molecule has 1 atom stereocenters. The average Bonchev–Trinajstić information content (AvgIpc) is 2.60. The number of fused-ring (bicyclic) bond motifs is 1. The van der Waals surface area contributed by atoms with Gasteiger partial charge in [-0.2, -0.15) is 0 Å². The van der Waals surface area contributed by atoms with Crippen LogP contribution in [0.4, 0.5) is 5.69 Å². The highest BCUT2D eigenvalue weighted by Gasteiger charge is 2.22. The molecule has 0 aliphatic carbocycles. The first-order valence-corrected chi connectivity index (χ1v) is 7.62. The van der Waals surface area contributed by atoms with Gasteiger partial charge >= 0.3 is 0 Å². The average molecular weight is 319 g/mol. The molecule has 1 heterocycles. The van der Waals surface area contributed by atoms with Crippen molar-refractivity contribution in [2.24, 2.45) is 5.73 Å². The zero-order chi connectivity index (χ0) is 16.9. The van der Waals surface area contributed by atoms with E-state index in [4.69, 9.17) is 5.73 Å². The fourth-order valence-corrected chi connectivity index (χ4v) is 2.62. The van der Waals surface area contributed by atoms with Crippen molar-refractivity contribution in [1.29, 1.82) is 0 Å². The molecule has 0 spiro atoms. The molecule has 2 aromatic carbocycles. The summed E-state index contributed by atoms with van der Waals surface area (Å²) < 4.78 is 0. The Morgan fingerprint density at radius 3 is 2.58 bits per heavy atom. The molecule has 0 saturated carbocycles. The van der Waals surface area contributed by atoms with Gasteiger partial charge in [0.05, 0.1) is 11.4 Å². The molecular weight excluding hydrogens is 302 g/mol. The van der Waals surface area contributed by atoms with E-state index in [-0.39, 0.29) is 12.3 Å². The number of nitrogens with one attached hydrogen (secondary N) is 1. The zero-order valence-electron chi connectivity index (χ0n) is 13.0. The van der Waals surface area contributed by atoms with E-state index in [9.17, 15) is 9.59 Å². The zero-order valence-corrected chi connectivity index (χ0v) is 13.0. The van der Waals surface area contributed by atoms with E-state index >= 15 is 0 Å². The Hall–Kier alpha value is -3.21. The molecule has 3 aromatic rings. The van der Waals surface area contributed by atoms with E-state index in [2.05, 4.69) is 10.3 Å². The van der Waals surface area contributed by atoms with Crippen LogP contribution in [0, 0.1) is 0 Å². The summed E-state index contributed by atoms with van der Waals surface area (Å²) in [6.45, 7) is 0. The first-order chi connectivity index (χ1) is 11.6. The number of pyridine rings is 1. The van der Waals surface area contributed by atoms with Gasteiger partial charge in [-0.3, -0.25) is 14.6 Å². The normalized spacial score (nSPS) is 11.8. The maximum absolute atomic E-state index is 12.6. The molecule has 0 aliphatic heterocycles. The summed E-state index contributed by atoms with van der Waals surface area (Å²) >= 11 is 0. The predicted molar refractivity (Wildman–Crippen MR) is 93.4 cm³/mol. The van der Waals surface area contributed by atoms with Gasteiger partial charge in [0.2, 0.25) is 11.8 Å². The largest absolute Gasteiger partial charge is 0.370 e. The van der Waals surface area contributed by atoms with Crippen molar-refractivity contribution >= 4 is 28.4 Å². The molecule has 0 aliphatic rings. The highest BCUT2D eigenvalue weighted by molar-refractivity contribution is 5.99. The first-order valence-electron chi connectivity index (χ1n) is 7.62. The molecule has 2 amide bonds. The Kier molecular flexibility index (Phi) is 4.52. The third-order valence-corrected chi connectivity index (χ3v) is 3.80. The second kappa shape index (κ2) is 6.91. The molecule has 0 radical (unpaired) electrons. The molecule has 120 valence electrons. The van der Waals surface area contributed by atoms with Gasteiger partial charge < -0.3 is 11.1 Å². The maximum atomic E-state index is 12.6. The van der Waals surface area contributed by atoms with Crippen molar-refractivity contribution in [2.45, 2.75) is 12.3 Å². The number of aromatic nitrogens is 1. The summed E-state index contributed by atoms with van der Waals surface area (Å²) in [5.74, 6) is -1.41. The minimum Gasteiger partial charge on any atom is -0.370 e. The number of carbonyl (C=O) groups excluding carboxylic acids is 2. The topological polar surface area (TPSA) is 85.1 Å². The van der Waals surface area contributed by atoms with E-state index in [0.717, 1.165) is 16.5 Å². The molecule has 3 rings (SSSR count). The molecule has 24 heavy (non-hydrogen) atoms. The van der Waals surface area contributed by atoms with Crippen LogP contribution in [0.1, 0.15) is 17.9 Å². The number of benzene rings is 2. The quantitative estimate of drug-likeness (QED) is 0.758. The predicted octanol–water partition coefficient (Wildman–Crippen LogP) is 2.83. The summed E-state index contributed by atoms with van der Waals surface area (Å²) in [5.41, 5.74) is 7.49. The van der Waals surface area contributed by atoms with Crippen LogP contribution in [-0.2, 0) is 9.59 Å². The fraction of sp³-hybridized carbons (Fsp3) is 0.105. The van der Waals surface area contributed by atoms with E-state index < -0.39 is 11.8 Å². The van der Waals surface area contributed by atoms with E-state index in [0.29, 0.717) is 5.69 Å². The van der Waals surface area contributed by atoms with Crippen molar-refractivity contribution in [1.82, 2.24) is 4.98 Å². The number of amides is 2. The van der Waals surface area contributed by atoms with Crippen LogP contribution in [-0.4, -0.2) is 16.8 Å². The molecule has 3 N–H and O–H groups in total. The Bertz CT molecular complexity index is 878. The number of primary amides is 1. The number of carbonyl (C=O) groups is 2. The fourth-order valence-electron chi connectivity index (χ4n) is 2.62. The van der Waals surface area contributed by atoms with Crippen molar-refractivity contribution < 1.29 is 9.59 Å². The number of nitrogens with two attached hydrogens (primary N) is 1. The smallest absolute Gasteiger partial charge is 0.232 e. The highest BCUT2D eigenvalue weighted by atomic mass is 16.2. The molecule has 0 fully saturated rings. The van der Waals surface area contributed by atoms with Crippen LogP contribution in [0.15, 0.2) is 66.9 Å². The summed E-state index contributed by atoms with van der Waals surface area (Å²) in [7, 11) is 0. The van der Waals surface area contributed by atoms with Crippen molar-refractivity contribution in [3.05, 3.63) is 72.4 Å². The molecule has 5 nitrogen and oxygen atoms in total. The lowest BCUT2D eigenvalue weighted by molar-refractivity contribution is -0.123. The summed E-state index contributed by atoms with van der Waals surface area (Å²) in [4.78, 5) is 28.3. The second-order valence-corrected chi connectivity index (χ2v) is 5.53. The van der Waals surface area contributed by atoms with E-state index in [1.54, 1.807) is 12.3 Å². The maximum Gasteiger partial charge on any atom is 0.232 e. The van der Waals surface area contributed by atoms with Gasteiger partial charge in [-0.25, -0.2) is 0 Å². The summed E-state index contributed by atoms with van der Waals surface area (Å²) in [5, 5.41) is 3.84. The van der Waals surface area contributed by atoms with Gasteiger partial charge in [-0.15, -0.1) is 0 Å². The number of rotatable bonds is 5. The van der Waals surface area contributed by atoms with Crippen molar-refractivity contribution in [3.8, 4) is 0 Å². The van der Waals surface area contributed by atoms with Gasteiger partial charge in [0.25, 0.3) is 0 Å². The summed E-state index contributed by atoms with van der Waals surface area (Å²) in [6, 6.07) is 18.5. The third-order valence-electron chi connectivity index (χ3n) is 3.80. The standard InChI is InChI=1S/C19H17N3O2/c20-18(23)12-16(13-5-2-1-3-6-13)19(24)22-15-9-8-14-7-4-10-21-17(14)11-15/h1-11,16H,12H2,(H2,20,23)(H,22,24). The van der Waals surface area contributed by atoms with Crippen molar-refractivity contribution in [3.63, 3.8) is 0 Å². The molecular formula is C19H17N3O2. The monoisotopic (exact) mass is 319 g/mol. The van der Waals surface area contributed by atoms with Gasteiger partial charge in [-0.05, 0) is 23.8 Å². The number of hydrogen-bond acceptors (Lipinski definition) is 3. The lowest BCUT2D eigenvalue weighted by Crippen LogP contribution is -2.26. The number of hydrogen-bond donors (Lipinski definition) is 2. The molecule has 1 aromatic heterocycles. The minimum atomic E-state index is -0.622. The number of nitrogens with zero attached hydrogens (tertiary/aromatic N) is 1. The van der Waals surface area contributed by atoms with Crippen LogP contribution < -0.4 is 11.1 Å². The van der Waals surface area contributed by atoms with Crippen molar-refractivity contribution in [2.75, 3.05) is 5.32 Å². The Balaban J connectivity index is 1.85. The van der Waals surface area contributed by atoms with Gasteiger partial charge in [-0.1, -0.05) is 42.5 Å². The molecule has 5 heteroatoms. The Morgan fingerprint density at radius 1 is 1.04 bits per heavy atom. The van der Waals surface area contributed by atoms with Crippen LogP contribution in [0.5, 0.6) is 0 Å².